The highest BCUT2D eigenvalue weighted by Gasteiger charge is 1.95. The van der Waals surface area contributed by atoms with Gasteiger partial charge in [0.15, 0.2) is 0 Å². The Bertz CT molecular complexity index is 188. The van der Waals surface area contributed by atoms with Gasteiger partial charge in [-0.05, 0) is 19.4 Å². The summed E-state index contributed by atoms with van der Waals surface area (Å²) in [7, 11) is 0. The van der Waals surface area contributed by atoms with E-state index in [1.165, 1.54) is 5.57 Å². The molecule has 0 aromatic carbocycles. The van der Waals surface area contributed by atoms with Crippen molar-refractivity contribution in [3.63, 3.8) is 0 Å². The van der Waals surface area contributed by atoms with E-state index in [9.17, 15) is 0 Å². The van der Waals surface area contributed by atoms with E-state index in [-0.39, 0.29) is 4.58 Å². The molecule has 0 rings (SSSR count). The molecule has 0 saturated carbocycles. The van der Waals surface area contributed by atoms with Gasteiger partial charge in [0, 0.05) is 0 Å². The lowest BCUT2D eigenvalue weighted by Gasteiger charge is -2.00. The Hall–Kier alpha value is -0.0800. The smallest absolute Gasteiger partial charge is 0.0686 e. The fourth-order valence-corrected chi connectivity index (χ4v) is 0.593. The van der Waals surface area contributed by atoms with E-state index in [0.29, 0.717) is 0 Å². The second kappa shape index (κ2) is 5.56. The van der Waals surface area contributed by atoms with Crippen molar-refractivity contribution in [1.29, 1.82) is 0 Å². The predicted molar refractivity (Wildman–Crippen MR) is 59.5 cm³/mol. The first-order valence-electron chi connectivity index (χ1n) is 3.44. The van der Waals surface area contributed by atoms with Crippen LogP contribution in [0.5, 0.6) is 0 Å². The second-order valence-corrected chi connectivity index (χ2v) is 3.75. The van der Waals surface area contributed by atoms with E-state index < -0.39 is 0 Å². The Labute approximate surface area is 79.9 Å². The number of allylic oxidation sites excluding steroid dienone is 4. The first-order valence-corrected chi connectivity index (χ1v) is 4.47. The van der Waals surface area contributed by atoms with Gasteiger partial charge in [0.2, 0.25) is 0 Å². The molecule has 0 fully saturated rings. The molecule has 0 nitrogen and oxygen atoms in total. The molecule has 0 spiro atoms. The maximum atomic E-state index is 4.12. The molecule has 0 N–H and O–H groups in total. The van der Waals surface area contributed by atoms with Crippen LogP contribution in [0.3, 0.4) is 0 Å². The van der Waals surface area contributed by atoms with Gasteiger partial charge in [0.25, 0.3) is 0 Å². The molecule has 0 unspecified atom stereocenters. The molecule has 0 radical (unpaired) electrons. The zero-order chi connectivity index (χ0) is 8.85. The largest absolute Gasteiger partial charge is 0.160 e. The van der Waals surface area contributed by atoms with Crippen LogP contribution in [0.25, 0.3) is 0 Å². The summed E-state index contributed by atoms with van der Waals surface area (Å²) in [6.07, 6.45) is 5.97. The van der Waals surface area contributed by atoms with Crippen LogP contribution in [0, 0.1) is 0 Å². The highest BCUT2D eigenvalue weighted by Crippen LogP contribution is 2.12. The topological polar surface area (TPSA) is 0 Å². The molecule has 0 aromatic heterocycles. The molecule has 0 amide bonds. The van der Waals surface area contributed by atoms with Gasteiger partial charge < -0.3 is 0 Å². The van der Waals surface area contributed by atoms with Gasteiger partial charge >= 0.3 is 0 Å². The molecule has 0 aliphatic heterocycles. The fraction of sp³-hybridized carbons (Fsp3) is 0.333. The van der Waals surface area contributed by atoms with Crippen LogP contribution in [-0.2, 0) is 0 Å². The quantitative estimate of drug-likeness (QED) is 0.377. The van der Waals surface area contributed by atoms with Crippen LogP contribution in [0.1, 0.15) is 13.8 Å². The molecule has 0 heterocycles. The lowest BCUT2D eigenvalue weighted by molar-refractivity contribution is 1.44. The summed E-state index contributed by atoms with van der Waals surface area (Å²) in [4.78, 5) is 0. The Morgan fingerprint density at radius 2 is 1.91 bits per heavy atom. The zero-order valence-corrected chi connectivity index (χ0v) is 8.70. The van der Waals surface area contributed by atoms with Gasteiger partial charge in [0.05, 0.1) is 4.58 Å². The summed E-state index contributed by atoms with van der Waals surface area (Å²) in [6.45, 7) is 7.83. The number of rotatable bonds is 3. The molecule has 11 heavy (non-hydrogen) atoms. The molecule has 0 aliphatic carbocycles. The third-order valence-corrected chi connectivity index (χ3v) is 2.01. The molecular formula is C9H14S2. The van der Waals surface area contributed by atoms with Gasteiger partial charge in [-0.3, -0.25) is 0 Å². The van der Waals surface area contributed by atoms with Crippen molar-refractivity contribution in [3.05, 3.63) is 36.0 Å². The van der Waals surface area contributed by atoms with Crippen LogP contribution < -0.4 is 0 Å². The predicted octanol–water partition coefficient (Wildman–Crippen LogP) is 3.25. The van der Waals surface area contributed by atoms with E-state index in [0.717, 1.165) is 5.57 Å². The zero-order valence-electron chi connectivity index (χ0n) is 6.91. The summed E-state index contributed by atoms with van der Waals surface area (Å²) >= 11 is 8.24. The summed E-state index contributed by atoms with van der Waals surface area (Å²) in [5.41, 5.74) is 2.13. The average Bonchev–Trinajstić information content (AvgIpc) is 1.99. The summed E-state index contributed by atoms with van der Waals surface area (Å²) in [6, 6.07) is 0. The Kier molecular flexibility index (Phi) is 5.51. The second-order valence-electron chi connectivity index (χ2n) is 2.31. The summed E-state index contributed by atoms with van der Waals surface area (Å²) in [5.74, 6) is 0. The molecule has 0 aliphatic rings. The standard InChI is InChI=1S/C9H14S2/c1-4-7(2)5-6-8(3)9(10)11/h4-6,9-11H,3H2,1-2H3/b6-5-,7-4-. The molecule has 0 bridgehead atoms. The normalized spacial score (nSPS) is 13.0. The van der Waals surface area contributed by atoms with Crippen molar-refractivity contribution in [2.24, 2.45) is 0 Å². The minimum atomic E-state index is -0.0593. The Morgan fingerprint density at radius 1 is 1.36 bits per heavy atom. The van der Waals surface area contributed by atoms with Gasteiger partial charge in [0.1, 0.15) is 0 Å². The van der Waals surface area contributed by atoms with Gasteiger partial charge in [-0.25, -0.2) is 0 Å². The van der Waals surface area contributed by atoms with E-state index >= 15 is 0 Å². The first kappa shape index (κ1) is 10.9. The van der Waals surface area contributed by atoms with Gasteiger partial charge in [-0.1, -0.05) is 30.4 Å². The van der Waals surface area contributed by atoms with Crippen LogP contribution in [0.2, 0.25) is 0 Å². The van der Waals surface area contributed by atoms with Gasteiger partial charge in [-0.2, -0.15) is 25.3 Å². The van der Waals surface area contributed by atoms with Crippen molar-refractivity contribution >= 4 is 25.3 Å². The lowest BCUT2D eigenvalue weighted by atomic mass is 10.2. The molecule has 0 atom stereocenters. The lowest BCUT2D eigenvalue weighted by Crippen LogP contribution is -1.87. The maximum absolute atomic E-state index is 4.12. The third kappa shape index (κ3) is 5.22. The average molecular weight is 186 g/mol. The molecule has 2 heteroatoms. The van der Waals surface area contributed by atoms with Crippen molar-refractivity contribution in [2.45, 2.75) is 18.4 Å². The van der Waals surface area contributed by atoms with E-state index in [1.54, 1.807) is 0 Å². The van der Waals surface area contributed by atoms with Gasteiger partial charge in [-0.15, -0.1) is 0 Å². The van der Waals surface area contributed by atoms with Crippen molar-refractivity contribution in [2.75, 3.05) is 0 Å². The highest BCUT2D eigenvalue weighted by molar-refractivity contribution is 7.99. The molecular weight excluding hydrogens is 172 g/mol. The van der Waals surface area contributed by atoms with E-state index in [2.05, 4.69) is 31.8 Å². The van der Waals surface area contributed by atoms with Crippen molar-refractivity contribution in [3.8, 4) is 0 Å². The molecule has 0 aromatic rings. The SMILES string of the molecule is C=C(/C=C\C(C)=C/C)C(S)S. The number of thiol groups is 2. The number of hydrogen-bond acceptors (Lipinski definition) is 2. The van der Waals surface area contributed by atoms with E-state index in [1.807, 2.05) is 32.1 Å². The fourth-order valence-electron chi connectivity index (χ4n) is 0.421. The third-order valence-electron chi connectivity index (χ3n) is 1.35. The highest BCUT2D eigenvalue weighted by atomic mass is 32.2. The summed E-state index contributed by atoms with van der Waals surface area (Å²) < 4.78 is -0.0593. The van der Waals surface area contributed by atoms with Crippen molar-refractivity contribution in [1.82, 2.24) is 0 Å². The molecule has 0 saturated heterocycles. The van der Waals surface area contributed by atoms with Crippen LogP contribution >= 0.6 is 25.3 Å². The van der Waals surface area contributed by atoms with E-state index in [4.69, 9.17) is 0 Å². The first-order chi connectivity index (χ1) is 5.07. The van der Waals surface area contributed by atoms with Crippen LogP contribution in [-0.4, -0.2) is 4.58 Å². The monoisotopic (exact) mass is 186 g/mol. The maximum Gasteiger partial charge on any atom is 0.0686 e. The number of hydrogen-bond donors (Lipinski definition) is 2. The minimum Gasteiger partial charge on any atom is -0.160 e. The summed E-state index contributed by atoms with van der Waals surface area (Å²) in [5, 5.41) is 0. The van der Waals surface area contributed by atoms with Crippen molar-refractivity contribution < 1.29 is 0 Å². The minimum absolute atomic E-state index is 0.0593. The molecule has 62 valence electrons. The van der Waals surface area contributed by atoms with Crippen LogP contribution in [0.4, 0.5) is 0 Å². The Balaban J connectivity index is 4.04. The van der Waals surface area contributed by atoms with Crippen LogP contribution in [0.15, 0.2) is 36.0 Å². The Morgan fingerprint density at radius 3 is 2.27 bits per heavy atom.